The van der Waals surface area contributed by atoms with Gasteiger partial charge in [-0.05, 0) is 5.56 Å². The van der Waals surface area contributed by atoms with Crippen molar-refractivity contribution in [3.63, 3.8) is 0 Å². The summed E-state index contributed by atoms with van der Waals surface area (Å²) in [7, 11) is 0. The Kier molecular flexibility index (Phi) is 2.47. The number of nitrogens with one attached hydrogen (secondary N) is 2. The molecule has 0 spiro atoms. The van der Waals surface area contributed by atoms with Crippen LogP contribution < -0.4 is 11.2 Å². The van der Waals surface area contributed by atoms with Gasteiger partial charge in [0.1, 0.15) is 0 Å². The van der Waals surface area contributed by atoms with Crippen LogP contribution in [0, 0.1) is 0 Å². The standard InChI is InChI=1S/C10H8N2O2S/c13-8-7(6-4-2-1-3-5-6)9(15)12-10(14)11-8/h1-5H,(H3,11,12,13,14,15). The summed E-state index contributed by atoms with van der Waals surface area (Å²) in [5.41, 5.74) is 0.109. The second-order valence-electron chi connectivity index (χ2n) is 3.00. The lowest BCUT2D eigenvalue weighted by Crippen LogP contribution is -2.24. The number of aromatic amines is 2. The Morgan fingerprint density at radius 3 is 2.27 bits per heavy atom. The van der Waals surface area contributed by atoms with Crippen molar-refractivity contribution in [1.82, 2.24) is 9.97 Å². The van der Waals surface area contributed by atoms with Crippen LogP contribution in [0.5, 0.6) is 0 Å². The topological polar surface area (TPSA) is 65.7 Å². The molecule has 4 nitrogen and oxygen atoms in total. The molecule has 1 aromatic heterocycles. The van der Waals surface area contributed by atoms with Crippen molar-refractivity contribution in [2.75, 3.05) is 0 Å². The number of hydrogen-bond donors (Lipinski definition) is 3. The highest BCUT2D eigenvalue weighted by Crippen LogP contribution is 2.18. The molecule has 0 aliphatic carbocycles. The number of rotatable bonds is 1. The minimum Gasteiger partial charge on any atom is -0.302 e. The molecule has 0 atom stereocenters. The van der Waals surface area contributed by atoms with Gasteiger partial charge in [0.05, 0.1) is 10.6 Å². The van der Waals surface area contributed by atoms with Gasteiger partial charge in [-0.1, -0.05) is 30.3 Å². The molecule has 1 aromatic carbocycles. The minimum atomic E-state index is -0.551. The van der Waals surface area contributed by atoms with Gasteiger partial charge in [-0.25, -0.2) is 4.79 Å². The number of benzene rings is 1. The Bertz CT molecular complexity index is 586. The van der Waals surface area contributed by atoms with Crippen molar-refractivity contribution in [3.8, 4) is 11.1 Å². The zero-order valence-corrected chi connectivity index (χ0v) is 8.54. The van der Waals surface area contributed by atoms with E-state index in [0.717, 1.165) is 5.56 Å². The fourth-order valence-corrected chi connectivity index (χ4v) is 1.68. The van der Waals surface area contributed by atoms with Crippen molar-refractivity contribution in [2.45, 2.75) is 5.03 Å². The smallest absolute Gasteiger partial charge is 0.302 e. The first-order chi connectivity index (χ1) is 7.18. The third kappa shape index (κ3) is 1.87. The molecule has 0 amide bonds. The Labute approximate surface area is 90.4 Å². The third-order valence-electron chi connectivity index (χ3n) is 1.99. The molecule has 1 heterocycles. The van der Waals surface area contributed by atoms with E-state index in [4.69, 9.17) is 0 Å². The van der Waals surface area contributed by atoms with Gasteiger partial charge in [0.25, 0.3) is 5.56 Å². The van der Waals surface area contributed by atoms with Crippen LogP contribution >= 0.6 is 12.6 Å². The van der Waals surface area contributed by atoms with E-state index in [1.807, 2.05) is 18.2 Å². The Morgan fingerprint density at radius 2 is 1.67 bits per heavy atom. The largest absolute Gasteiger partial charge is 0.326 e. The van der Waals surface area contributed by atoms with Gasteiger partial charge < -0.3 is 4.98 Å². The summed E-state index contributed by atoms with van der Waals surface area (Å²) in [5.74, 6) is 0. The molecule has 0 saturated carbocycles. The van der Waals surface area contributed by atoms with Crippen LogP contribution in [-0.2, 0) is 0 Å². The fourth-order valence-electron chi connectivity index (χ4n) is 1.35. The Balaban J connectivity index is 2.75. The quantitative estimate of drug-likeness (QED) is 0.496. The first kappa shape index (κ1) is 9.79. The number of H-pyrrole nitrogens is 2. The lowest BCUT2D eigenvalue weighted by atomic mass is 10.1. The highest BCUT2D eigenvalue weighted by atomic mass is 32.1. The second-order valence-corrected chi connectivity index (χ2v) is 3.45. The van der Waals surface area contributed by atoms with Crippen LogP contribution in [0.3, 0.4) is 0 Å². The van der Waals surface area contributed by atoms with E-state index < -0.39 is 11.2 Å². The molecule has 76 valence electrons. The van der Waals surface area contributed by atoms with Crippen LogP contribution in [0.4, 0.5) is 0 Å². The molecule has 0 saturated heterocycles. The van der Waals surface area contributed by atoms with Gasteiger partial charge in [-0.15, -0.1) is 12.6 Å². The number of aromatic nitrogens is 2. The van der Waals surface area contributed by atoms with Crippen LogP contribution in [0.25, 0.3) is 11.1 Å². The maximum Gasteiger partial charge on any atom is 0.326 e. The van der Waals surface area contributed by atoms with Gasteiger partial charge in [-0.3, -0.25) is 9.78 Å². The van der Waals surface area contributed by atoms with Crippen molar-refractivity contribution < 1.29 is 0 Å². The van der Waals surface area contributed by atoms with Gasteiger partial charge in [-0.2, -0.15) is 0 Å². The molecule has 2 rings (SSSR count). The summed E-state index contributed by atoms with van der Waals surface area (Å²) < 4.78 is 0. The van der Waals surface area contributed by atoms with Crippen LogP contribution in [0.15, 0.2) is 44.9 Å². The molecule has 0 bridgehead atoms. The van der Waals surface area contributed by atoms with Crippen molar-refractivity contribution >= 4 is 12.6 Å². The van der Waals surface area contributed by atoms with Crippen molar-refractivity contribution in [1.29, 1.82) is 0 Å². The zero-order valence-electron chi connectivity index (χ0n) is 7.65. The van der Waals surface area contributed by atoms with Crippen LogP contribution in [-0.4, -0.2) is 9.97 Å². The Hall–Kier alpha value is -1.75. The predicted octanol–water partition coefficient (Wildman–Crippen LogP) is 1.02. The normalized spacial score (nSPS) is 10.2. The maximum absolute atomic E-state index is 11.5. The lowest BCUT2D eigenvalue weighted by molar-refractivity contribution is 0.960. The summed E-state index contributed by atoms with van der Waals surface area (Å²) in [4.78, 5) is 27.1. The summed E-state index contributed by atoms with van der Waals surface area (Å²) in [6.07, 6.45) is 0. The summed E-state index contributed by atoms with van der Waals surface area (Å²) in [6, 6.07) is 9.03. The molecule has 0 aliphatic heterocycles. The van der Waals surface area contributed by atoms with E-state index in [1.54, 1.807) is 12.1 Å². The average molecular weight is 220 g/mol. The fraction of sp³-hybridized carbons (Fsp3) is 0. The number of thiol groups is 1. The molecule has 0 unspecified atom stereocenters. The molecule has 5 heteroatoms. The monoisotopic (exact) mass is 220 g/mol. The molecule has 2 aromatic rings. The predicted molar refractivity (Wildman–Crippen MR) is 60.4 cm³/mol. The van der Waals surface area contributed by atoms with Gasteiger partial charge in [0.2, 0.25) is 0 Å². The Morgan fingerprint density at radius 1 is 1.00 bits per heavy atom. The third-order valence-corrected chi connectivity index (χ3v) is 2.32. The summed E-state index contributed by atoms with van der Waals surface area (Å²) >= 11 is 4.07. The molecule has 0 radical (unpaired) electrons. The second kappa shape index (κ2) is 3.78. The van der Waals surface area contributed by atoms with E-state index in [-0.39, 0.29) is 5.03 Å². The van der Waals surface area contributed by atoms with Crippen molar-refractivity contribution in [3.05, 3.63) is 51.2 Å². The van der Waals surface area contributed by atoms with E-state index in [2.05, 4.69) is 22.6 Å². The molecule has 0 fully saturated rings. The van der Waals surface area contributed by atoms with E-state index in [0.29, 0.717) is 5.56 Å². The summed E-state index contributed by atoms with van der Waals surface area (Å²) in [5, 5.41) is 0.273. The van der Waals surface area contributed by atoms with Gasteiger partial charge in [0, 0.05) is 0 Å². The highest BCUT2D eigenvalue weighted by Gasteiger charge is 2.07. The molecule has 15 heavy (non-hydrogen) atoms. The SMILES string of the molecule is O=c1[nH]c(S)c(-c2ccccc2)c(=O)[nH]1. The molecular weight excluding hydrogens is 212 g/mol. The average Bonchev–Trinajstić information content (AvgIpc) is 2.17. The van der Waals surface area contributed by atoms with E-state index >= 15 is 0 Å². The van der Waals surface area contributed by atoms with Gasteiger partial charge in [0.15, 0.2) is 0 Å². The maximum atomic E-state index is 11.5. The first-order valence-electron chi connectivity index (χ1n) is 4.29. The van der Waals surface area contributed by atoms with Crippen molar-refractivity contribution in [2.24, 2.45) is 0 Å². The number of hydrogen-bond acceptors (Lipinski definition) is 3. The first-order valence-corrected chi connectivity index (χ1v) is 4.74. The lowest BCUT2D eigenvalue weighted by Gasteiger charge is -2.02. The molecule has 2 N–H and O–H groups in total. The van der Waals surface area contributed by atoms with Crippen LogP contribution in [0.1, 0.15) is 0 Å². The minimum absolute atomic E-state index is 0.273. The van der Waals surface area contributed by atoms with Gasteiger partial charge >= 0.3 is 5.69 Å². The van der Waals surface area contributed by atoms with E-state index in [1.165, 1.54) is 0 Å². The highest BCUT2D eigenvalue weighted by molar-refractivity contribution is 7.80. The molecular formula is C10H8N2O2S. The van der Waals surface area contributed by atoms with E-state index in [9.17, 15) is 9.59 Å². The zero-order chi connectivity index (χ0) is 10.8. The summed E-state index contributed by atoms with van der Waals surface area (Å²) in [6.45, 7) is 0. The van der Waals surface area contributed by atoms with Crippen LogP contribution in [0.2, 0.25) is 0 Å². The molecule has 0 aliphatic rings.